The molecule has 9 heterocycles. The molecule has 4 saturated heterocycles. The van der Waals surface area contributed by atoms with Crippen LogP contribution >= 0.6 is 0 Å². The Morgan fingerprint density at radius 2 is 1.67 bits per heavy atom. The number of ether oxygens (including phenoxy) is 2. The topological polar surface area (TPSA) is 55.0 Å². The Balaban J connectivity index is 1.08. The Kier molecular flexibility index (Phi) is 6.65. The molecule has 7 heteroatoms. The van der Waals surface area contributed by atoms with Crippen LogP contribution in [0.5, 0.6) is 5.75 Å². The number of hydrogen-bond donors (Lipinski definition) is 1. The van der Waals surface area contributed by atoms with Crippen LogP contribution in [0.2, 0.25) is 0 Å². The summed E-state index contributed by atoms with van der Waals surface area (Å²) in [6, 6.07) is 15.1. The first-order chi connectivity index (χ1) is 23.8. The standard InChI is InChI=1S/C42H50N4O3/c1-7-23-19-46-36-18-30-40-29(39(48-6)13-12-34(40)45(5)42(30)38(46)15-26(23)31(36)20-47)14-25-22(2)49-21-32-27(25)16-37-41-28(17-35(32)43(37)3)24-10-8-9-11-33(24)44(41)4/h7-13,26-27,31-32,35-38,47H,14-21H2,1-6H3/b23-7-/t26-,27-,31+,32+,35-,36-,37-,38-/m0/s1. The summed E-state index contributed by atoms with van der Waals surface area (Å²) in [5.74, 6) is 3.79. The summed E-state index contributed by atoms with van der Waals surface area (Å²) >= 11 is 0. The van der Waals surface area contributed by atoms with Crippen molar-refractivity contribution in [3.63, 3.8) is 0 Å². The van der Waals surface area contributed by atoms with Gasteiger partial charge >= 0.3 is 0 Å². The van der Waals surface area contributed by atoms with Gasteiger partial charge in [-0.05, 0) is 93.3 Å². The van der Waals surface area contributed by atoms with Gasteiger partial charge in [0.05, 0.1) is 31.6 Å². The van der Waals surface area contributed by atoms with Crippen molar-refractivity contribution in [3.8, 4) is 5.75 Å². The van der Waals surface area contributed by atoms with Gasteiger partial charge in [-0.1, -0.05) is 29.8 Å². The Labute approximate surface area is 289 Å². The summed E-state index contributed by atoms with van der Waals surface area (Å²) in [4.78, 5) is 5.40. The van der Waals surface area contributed by atoms with Crippen LogP contribution in [0.1, 0.15) is 66.9 Å². The SMILES string of the molecule is C/C=C1/CN2[C@H]3C[C@@H]1[C@@H](CO)[C@@H]2Cc1c3n(C)c2ccc(OC)c(CC3=C(C)OC[C@@H]4[C@H]3C[C@H]3c5c(c6ccccc6n5C)C[C@@H]4N3C)c12. The predicted octanol–water partition coefficient (Wildman–Crippen LogP) is 6.62. The zero-order valence-corrected chi connectivity index (χ0v) is 29.9. The molecule has 2 aromatic heterocycles. The Morgan fingerprint density at radius 3 is 2.47 bits per heavy atom. The third kappa shape index (κ3) is 3.90. The molecule has 49 heavy (non-hydrogen) atoms. The van der Waals surface area contributed by atoms with E-state index in [1.54, 1.807) is 5.56 Å². The van der Waals surface area contributed by atoms with Gasteiger partial charge in [0.1, 0.15) is 5.75 Å². The average molecular weight is 659 g/mol. The van der Waals surface area contributed by atoms with Crippen molar-refractivity contribution in [2.75, 3.05) is 33.9 Å². The molecule has 4 fully saturated rings. The van der Waals surface area contributed by atoms with Crippen LogP contribution in [0.3, 0.4) is 0 Å². The van der Waals surface area contributed by atoms with Crippen molar-refractivity contribution in [2.24, 2.45) is 37.8 Å². The highest BCUT2D eigenvalue weighted by atomic mass is 16.5. The van der Waals surface area contributed by atoms with E-state index in [-0.39, 0.29) is 6.61 Å². The molecule has 9 atom stereocenters. The number of allylic oxidation sites excluding steroid dienone is 3. The van der Waals surface area contributed by atoms with Crippen molar-refractivity contribution in [2.45, 2.75) is 70.1 Å². The molecule has 11 rings (SSSR count). The molecule has 0 aliphatic carbocycles. The molecular formula is C42H50N4O3. The molecule has 4 aromatic rings. The number of hydrogen-bond acceptors (Lipinski definition) is 5. The molecule has 2 aromatic carbocycles. The first kappa shape index (κ1) is 30.3. The number of aliphatic hydroxyl groups is 1. The number of fused-ring (bicyclic) bond motifs is 12. The predicted molar refractivity (Wildman–Crippen MR) is 194 cm³/mol. The molecule has 1 unspecified atom stereocenters. The summed E-state index contributed by atoms with van der Waals surface area (Å²) in [6.45, 7) is 6.48. The van der Waals surface area contributed by atoms with E-state index in [4.69, 9.17) is 9.47 Å². The number of likely N-dealkylation sites (N-methyl/N-ethyl adjacent to an activating group) is 1. The molecular weight excluding hydrogens is 608 g/mol. The molecule has 0 amide bonds. The number of rotatable bonds is 4. The summed E-state index contributed by atoms with van der Waals surface area (Å²) in [5.41, 5.74) is 13.0. The van der Waals surface area contributed by atoms with Gasteiger partial charge in [-0.15, -0.1) is 0 Å². The maximum Gasteiger partial charge on any atom is 0.123 e. The maximum absolute atomic E-state index is 10.7. The van der Waals surface area contributed by atoms with Crippen LogP contribution in [0.4, 0.5) is 0 Å². The fourth-order valence-corrected chi connectivity index (χ4v) is 12.2. The lowest BCUT2D eigenvalue weighted by atomic mass is 9.64. The van der Waals surface area contributed by atoms with Crippen LogP contribution in [0.15, 0.2) is 59.4 Å². The van der Waals surface area contributed by atoms with Crippen molar-refractivity contribution in [3.05, 3.63) is 87.5 Å². The normalized spacial score (nSPS) is 33.9. The largest absolute Gasteiger partial charge is 0.498 e. The number of para-hydroxylation sites is 1. The Bertz CT molecular complexity index is 2100. The van der Waals surface area contributed by atoms with Gasteiger partial charge in [0, 0.05) is 96.3 Å². The fraction of sp³-hybridized carbons (Fsp3) is 0.524. The quantitative estimate of drug-likeness (QED) is 0.250. The van der Waals surface area contributed by atoms with Gasteiger partial charge in [0.2, 0.25) is 0 Å². The van der Waals surface area contributed by atoms with Gasteiger partial charge < -0.3 is 23.7 Å². The number of nitrogens with zero attached hydrogens (tertiary/aromatic N) is 4. The van der Waals surface area contributed by atoms with Gasteiger partial charge in [0.15, 0.2) is 0 Å². The summed E-state index contributed by atoms with van der Waals surface area (Å²) < 4.78 is 17.9. The molecule has 0 spiro atoms. The molecule has 256 valence electrons. The lowest BCUT2D eigenvalue weighted by Crippen LogP contribution is -2.61. The minimum Gasteiger partial charge on any atom is -0.498 e. The van der Waals surface area contributed by atoms with Crippen molar-refractivity contribution in [1.29, 1.82) is 0 Å². The number of piperidine rings is 4. The van der Waals surface area contributed by atoms with Crippen LogP contribution < -0.4 is 4.74 Å². The second-order valence-electron chi connectivity index (χ2n) is 16.0. The first-order valence-electron chi connectivity index (χ1n) is 18.6. The van der Waals surface area contributed by atoms with Crippen molar-refractivity contribution >= 4 is 21.8 Å². The van der Waals surface area contributed by atoms with Crippen molar-refractivity contribution < 1.29 is 14.6 Å². The molecule has 1 N–H and O–H groups in total. The zero-order valence-electron chi connectivity index (χ0n) is 29.9. The van der Waals surface area contributed by atoms with Gasteiger partial charge in [0.25, 0.3) is 0 Å². The fourth-order valence-electron chi connectivity index (χ4n) is 12.2. The monoisotopic (exact) mass is 658 g/mol. The molecule has 7 nitrogen and oxygen atoms in total. The van der Waals surface area contributed by atoms with Crippen LogP contribution in [-0.4, -0.2) is 70.0 Å². The number of methoxy groups -OCH3 is 1. The number of aryl methyl sites for hydroxylation is 2. The van der Waals surface area contributed by atoms with E-state index in [1.165, 1.54) is 55.5 Å². The number of benzene rings is 2. The minimum absolute atomic E-state index is 0.258. The van der Waals surface area contributed by atoms with Gasteiger partial charge in [-0.3, -0.25) is 9.80 Å². The molecule has 6 bridgehead atoms. The highest BCUT2D eigenvalue weighted by Gasteiger charge is 2.54. The summed E-state index contributed by atoms with van der Waals surface area (Å²) in [5, 5.41) is 13.5. The summed E-state index contributed by atoms with van der Waals surface area (Å²) in [7, 11) is 8.75. The van der Waals surface area contributed by atoms with E-state index in [2.05, 4.69) is 96.4 Å². The van der Waals surface area contributed by atoms with Crippen LogP contribution in [-0.2, 0) is 38.1 Å². The van der Waals surface area contributed by atoms with E-state index < -0.39 is 0 Å². The maximum atomic E-state index is 10.7. The lowest BCUT2D eigenvalue weighted by molar-refractivity contribution is -0.0513. The van der Waals surface area contributed by atoms with E-state index in [9.17, 15) is 5.11 Å². The highest BCUT2D eigenvalue weighted by Crippen LogP contribution is 2.57. The Morgan fingerprint density at radius 1 is 0.918 bits per heavy atom. The first-order valence-corrected chi connectivity index (χ1v) is 18.6. The van der Waals surface area contributed by atoms with Crippen molar-refractivity contribution in [1.82, 2.24) is 18.9 Å². The molecule has 7 aliphatic heterocycles. The number of aromatic nitrogens is 2. The third-order valence-corrected chi connectivity index (χ3v) is 14.5. The minimum atomic E-state index is 0.258. The second kappa shape index (κ2) is 10.7. The second-order valence-corrected chi connectivity index (χ2v) is 16.0. The molecule has 0 radical (unpaired) electrons. The zero-order chi connectivity index (χ0) is 33.5. The highest BCUT2D eigenvalue weighted by molar-refractivity contribution is 5.92. The van der Waals surface area contributed by atoms with Gasteiger partial charge in [-0.25, -0.2) is 0 Å². The smallest absolute Gasteiger partial charge is 0.123 e. The summed E-state index contributed by atoms with van der Waals surface area (Å²) in [6.07, 6.45) is 7.44. The van der Waals surface area contributed by atoms with Gasteiger partial charge in [-0.2, -0.15) is 0 Å². The van der Waals surface area contributed by atoms with E-state index >= 15 is 0 Å². The van der Waals surface area contributed by atoms with Crippen LogP contribution in [0.25, 0.3) is 21.8 Å². The molecule has 0 saturated carbocycles. The number of aliphatic hydroxyl groups excluding tert-OH is 1. The van der Waals surface area contributed by atoms with E-state index in [0.717, 1.165) is 56.8 Å². The van der Waals surface area contributed by atoms with Crippen LogP contribution in [0, 0.1) is 23.7 Å². The van der Waals surface area contributed by atoms with E-state index in [1.807, 2.05) is 7.11 Å². The Hall–Kier alpha value is -3.52. The third-order valence-electron chi connectivity index (χ3n) is 14.5. The van der Waals surface area contributed by atoms with E-state index in [0.29, 0.717) is 47.8 Å². The molecule has 7 aliphatic rings. The average Bonchev–Trinajstić information content (AvgIpc) is 3.56. The lowest BCUT2D eigenvalue weighted by Gasteiger charge is -2.58.